The van der Waals surface area contributed by atoms with Crippen LogP contribution in [0.15, 0.2) is 65.9 Å². The second kappa shape index (κ2) is 15.6. The number of amides is 1. The summed E-state index contributed by atoms with van der Waals surface area (Å²) < 4.78 is 0. The zero-order chi connectivity index (χ0) is 28.0. The third kappa shape index (κ3) is 8.90. The summed E-state index contributed by atoms with van der Waals surface area (Å²) in [4.78, 5) is 28.5. The number of rotatable bonds is 15. The highest BCUT2D eigenvalue weighted by atomic mass is 16.3. The molecule has 208 valence electrons. The van der Waals surface area contributed by atoms with E-state index in [2.05, 4.69) is 87.7 Å². The first-order valence-corrected chi connectivity index (χ1v) is 13.7. The fourth-order valence-electron chi connectivity index (χ4n) is 4.30. The lowest BCUT2D eigenvalue weighted by Crippen LogP contribution is -2.31. The number of carbonyl (C=O) groups excluding carboxylic acids is 1. The topological polar surface area (TPSA) is 96.8 Å². The van der Waals surface area contributed by atoms with E-state index in [0.717, 1.165) is 59.0 Å². The van der Waals surface area contributed by atoms with Crippen molar-refractivity contribution in [2.24, 2.45) is 4.99 Å². The minimum absolute atomic E-state index is 0.0528. The average Bonchev–Trinajstić information content (AvgIpc) is 3.44. The van der Waals surface area contributed by atoms with Crippen molar-refractivity contribution in [3.05, 3.63) is 72.3 Å². The van der Waals surface area contributed by atoms with Gasteiger partial charge in [-0.1, -0.05) is 62.4 Å². The van der Waals surface area contributed by atoms with Crippen LogP contribution in [-0.2, 0) is 11.3 Å². The zero-order valence-electron chi connectivity index (χ0n) is 23.7. The smallest absolute Gasteiger partial charge is 0.222 e. The Labute approximate surface area is 232 Å². The molecule has 8 heteroatoms. The van der Waals surface area contributed by atoms with E-state index in [1.54, 1.807) is 11.1 Å². The number of hydrogen-bond donors (Lipinski definition) is 3. The number of imidazole rings is 1. The Morgan fingerprint density at radius 2 is 1.72 bits per heavy atom. The van der Waals surface area contributed by atoms with Crippen molar-refractivity contribution in [2.75, 3.05) is 40.3 Å². The third-order valence-corrected chi connectivity index (χ3v) is 6.51. The maximum absolute atomic E-state index is 12.2. The molecule has 3 rings (SSSR count). The van der Waals surface area contributed by atoms with Gasteiger partial charge in [0.2, 0.25) is 5.91 Å². The van der Waals surface area contributed by atoms with E-state index >= 15 is 0 Å². The Bertz CT molecular complexity index is 1210. The van der Waals surface area contributed by atoms with Crippen molar-refractivity contribution in [2.45, 2.75) is 39.7 Å². The fraction of sp³-hybridized carbons (Fsp3) is 0.387. The molecule has 3 aromatic rings. The molecule has 0 spiro atoms. The van der Waals surface area contributed by atoms with Crippen molar-refractivity contribution in [3.8, 4) is 22.4 Å². The number of carbonyl (C=O) groups is 1. The molecule has 39 heavy (non-hydrogen) atoms. The van der Waals surface area contributed by atoms with Gasteiger partial charge < -0.3 is 25.2 Å². The monoisotopic (exact) mass is 530 g/mol. The summed E-state index contributed by atoms with van der Waals surface area (Å²) in [6.45, 7) is 6.89. The van der Waals surface area contributed by atoms with Crippen LogP contribution in [0, 0.1) is 0 Å². The lowest BCUT2D eigenvalue weighted by molar-refractivity contribution is -0.131. The molecule has 3 N–H and O–H groups in total. The van der Waals surface area contributed by atoms with E-state index in [1.807, 2.05) is 26.4 Å². The number of H-pyrrole nitrogens is 1. The number of aliphatic imine (C=N–C) groups is 1. The van der Waals surface area contributed by atoms with Crippen molar-refractivity contribution in [1.29, 1.82) is 0 Å². The Balaban J connectivity index is 1.65. The van der Waals surface area contributed by atoms with Crippen LogP contribution in [0.2, 0.25) is 0 Å². The lowest BCUT2D eigenvalue weighted by Gasteiger charge is -2.20. The molecule has 0 unspecified atom stereocenters. The first-order chi connectivity index (χ1) is 19.0. The highest BCUT2D eigenvalue weighted by molar-refractivity contribution is 5.76. The molecule has 8 nitrogen and oxygen atoms in total. The first kappa shape index (κ1) is 29.8. The Kier molecular flexibility index (Phi) is 11.9. The molecule has 0 aliphatic carbocycles. The van der Waals surface area contributed by atoms with E-state index in [-0.39, 0.29) is 12.5 Å². The van der Waals surface area contributed by atoms with Crippen LogP contribution in [-0.4, -0.2) is 77.3 Å². The SMILES string of the molecule is CCCN(C)CC=N/C=C(\NC)c1ccc(-c2ccc(-c3cnc(CN(CCCO)C(=O)CC)[nH]3)cc2)cc1. The summed E-state index contributed by atoms with van der Waals surface area (Å²) in [6.07, 6.45) is 7.72. The van der Waals surface area contributed by atoms with Crippen LogP contribution in [0.25, 0.3) is 28.1 Å². The number of nitrogens with one attached hydrogen (secondary N) is 2. The Hall–Kier alpha value is -3.75. The van der Waals surface area contributed by atoms with Crippen LogP contribution in [0.4, 0.5) is 0 Å². The lowest BCUT2D eigenvalue weighted by atomic mass is 10.0. The second-order valence-electron chi connectivity index (χ2n) is 9.53. The van der Waals surface area contributed by atoms with Gasteiger partial charge in [0.1, 0.15) is 5.82 Å². The molecule has 1 heterocycles. The maximum Gasteiger partial charge on any atom is 0.222 e. The van der Waals surface area contributed by atoms with Crippen LogP contribution >= 0.6 is 0 Å². The van der Waals surface area contributed by atoms with Gasteiger partial charge >= 0.3 is 0 Å². The molecule has 2 aromatic carbocycles. The van der Waals surface area contributed by atoms with Crippen LogP contribution in [0.5, 0.6) is 0 Å². The van der Waals surface area contributed by atoms with E-state index in [9.17, 15) is 4.79 Å². The number of nitrogens with zero attached hydrogens (tertiary/aromatic N) is 4. The van der Waals surface area contributed by atoms with Gasteiger partial charge in [-0.2, -0.15) is 0 Å². The Morgan fingerprint density at radius 3 is 2.33 bits per heavy atom. The summed E-state index contributed by atoms with van der Waals surface area (Å²) >= 11 is 0. The predicted molar refractivity (Wildman–Crippen MR) is 160 cm³/mol. The summed E-state index contributed by atoms with van der Waals surface area (Å²) in [5.41, 5.74) is 6.24. The number of benzene rings is 2. The number of aromatic nitrogens is 2. The number of aliphatic hydroxyl groups is 1. The molecule has 0 saturated heterocycles. The molecule has 0 saturated carbocycles. The Morgan fingerprint density at radius 1 is 1.05 bits per heavy atom. The predicted octanol–water partition coefficient (Wildman–Crippen LogP) is 4.80. The van der Waals surface area contributed by atoms with Crippen molar-refractivity contribution < 1.29 is 9.90 Å². The van der Waals surface area contributed by atoms with E-state index in [4.69, 9.17) is 5.11 Å². The van der Waals surface area contributed by atoms with Crippen molar-refractivity contribution >= 4 is 17.8 Å². The molecule has 0 bridgehead atoms. The highest BCUT2D eigenvalue weighted by Crippen LogP contribution is 2.25. The molecule has 0 fully saturated rings. The summed E-state index contributed by atoms with van der Waals surface area (Å²) in [7, 11) is 4.01. The molecule has 0 atom stereocenters. The van der Waals surface area contributed by atoms with Gasteiger partial charge in [0.05, 0.1) is 30.3 Å². The molecule has 0 aliphatic rings. The molecular formula is C31H42N6O2. The average molecular weight is 531 g/mol. The summed E-state index contributed by atoms with van der Waals surface area (Å²) in [6, 6.07) is 16.8. The minimum atomic E-state index is 0.0528. The van der Waals surface area contributed by atoms with Gasteiger partial charge in [0.15, 0.2) is 0 Å². The van der Waals surface area contributed by atoms with Gasteiger partial charge in [0, 0.05) is 39.4 Å². The quantitative estimate of drug-likeness (QED) is 0.245. The molecule has 1 amide bonds. The van der Waals surface area contributed by atoms with Gasteiger partial charge in [0.25, 0.3) is 0 Å². The standard InChI is InChI=1S/C31H42N6O2/c1-5-17-36(4)19-16-33-21-28(32-3)26-12-8-24(9-13-26)25-10-14-27(15-11-25)29-22-34-30(35-29)23-37(18-7-20-38)31(39)6-2/h8-16,21-22,32,38H,5-7,17-20,23H2,1-4H3,(H,34,35)/b28-21-,33-16?. The molecular weight excluding hydrogens is 488 g/mol. The van der Waals surface area contributed by atoms with Gasteiger partial charge in [-0.05, 0) is 48.7 Å². The van der Waals surface area contributed by atoms with E-state index in [1.165, 1.54) is 0 Å². The molecule has 0 radical (unpaired) electrons. The van der Waals surface area contributed by atoms with Crippen LogP contribution < -0.4 is 5.32 Å². The minimum Gasteiger partial charge on any atom is -0.396 e. The van der Waals surface area contributed by atoms with Crippen molar-refractivity contribution in [1.82, 2.24) is 25.1 Å². The number of hydrogen-bond acceptors (Lipinski definition) is 6. The fourth-order valence-corrected chi connectivity index (χ4v) is 4.30. The van der Waals surface area contributed by atoms with Gasteiger partial charge in [-0.25, -0.2) is 4.98 Å². The van der Waals surface area contributed by atoms with Crippen molar-refractivity contribution in [3.63, 3.8) is 0 Å². The third-order valence-electron chi connectivity index (χ3n) is 6.51. The summed E-state index contributed by atoms with van der Waals surface area (Å²) in [5, 5.41) is 12.4. The zero-order valence-corrected chi connectivity index (χ0v) is 23.7. The van der Waals surface area contributed by atoms with Crippen LogP contribution in [0.1, 0.15) is 44.5 Å². The van der Waals surface area contributed by atoms with Gasteiger partial charge in [-0.3, -0.25) is 9.79 Å². The van der Waals surface area contributed by atoms with E-state index < -0.39 is 0 Å². The molecule has 1 aromatic heterocycles. The maximum atomic E-state index is 12.2. The molecule has 0 aliphatic heterocycles. The van der Waals surface area contributed by atoms with Gasteiger partial charge in [-0.15, -0.1) is 0 Å². The first-order valence-electron chi connectivity index (χ1n) is 13.7. The van der Waals surface area contributed by atoms with Crippen LogP contribution in [0.3, 0.4) is 0 Å². The second-order valence-corrected chi connectivity index (χ2v) is 9.53. The summed E-state index contributed by atoms with van der Waals surface area (Å²) in [5.74, 6) is 0.784. The largest absolute Gasteiger partial charge is 0.396 e. The van der Waals surface area contributed by atoms with E-state index in [0.29, 0.717) is 25.9 Å². The number of aliphatic hydroxyl groups excluding tert-OH is 1. The number of aromatic amines is 1. The highest BCUT2D eigenvalue weighted by Gasteiger charge is 2.14. The normalized spacial score (nSPS) is 11.9.